The van der Waals surface area contributed by atoms with Crippen LogP contribution in [0.15, 0.2) is 46.3 Å². The van der Waals surface area contributed by atoms with Crippen molar-refractivity contribution in [1.82, 2.24) is 19.9 Å². The molecule has 1 aliphatic heterocycles. The third kappa shape index (κ3) is 4.02. The molecule has 3 heterocycles. The smallest absolute Gasteiger partial charge is 0.253 e. The molecular formula is C20H20N4O3S. The van der Waals surface area contributed by atoms with Gasteiger partial charge in [0.2, 0.25) is 11.7 Å². The molecule has 1 aliphatic rings. The Labute approximate surface area is 166 Å². The number of benzene rings is 1. The van der Waals surface area contributed by atoms with Crippen LogP contribution in [0, 0.1) is 6.92 Å². The van der Waals surface area contributed by atoms with E-state index < -0.39 is 0 Å². The number of hydrogen-bond donors (Lipinski definition) is 0. The minimum atomic E-state index is 0.0000703. The number of ketones is 1. The lowest BCUT2D eigenvalue weighted by Gasteiger charge is -2.34. The highest BCUT2D eigenvalue weighted by Gasteiger charge is 2.24. The zero-order chi connectivity index (χ0) is 19.5. The van der Waals surface area contributed by atoms with Crippen molar-refractivity contribution in [2.45, 2.75) is 6.92 Å². The molecule has 0 saturated carbocycles. The lowest BCUT2D eigenvalue weighted by atomic mass is 10.1. The first-order valence-corrected chi connectivity index (χ1v) is 9.97. The number of aryl methyl sites for hydroxylation is 1. The number of hydrogen-bond acceptors (Lipinski definition) is 7. The number of rotatable bonds is 5. The van der Waals surface area contributed by atoms with Crippen molar-refractivity contribution in [3.63, 3.8) is 0 Å². The molecule has 1 saturated heterocycles. The van der Waals surface area contributed by atoms with Crippen LogP contribution in [0.5, 0.6) is 0 Å². The number of carbonyl (C=O) groups excluding carboxylic acids is 2. The molecule has 4 rings (SSSR count). The summed E-state index contributed by atoms with van der Waals surface area (Å²) in [7, 11) is 0. The molecule has 0 atom stereocenters. The summed E-state index contributed by atoms with van der Waals surface area (Å²) >= 11 is 1.47. The molecule has 0 unspecified atom stereocenters. The Hall–Kier alpha value is -2.84. The van der Waals surface area contributed by atoms with Gasteiger partial charge in [-0.25, -0.2) is 0 Å². The topological polar surface area (TPSA) is 79.5 Å². The second-order valence-corrected chi connectivity index (χ2v) is 7.63. The van der Waals surface area contributed by atoms with E-state index in [1.807, 2.05) is 34.5 Å². The van der Waals surface area contributed by atoms with Gasteiger partial charge >= 0.3 is 0 Å². The molecule has 2 aromatic heterocycles. The van der Waals surface area contributed by atoms with Gasteiger partial charge in [0.15, 0.2) is 5.78 Å². The summed E-state index contributed by atoms with van der Waals surface area (Å²) < 4.78 is 4.99. The highest BCUT2D eigenvalue weighted by atomic mass is 32.1. The minimum Gasteiger partial charge on any atom is -0.339 e. The van der Waals surface area contributed by atoms with Gasteiger partial charge in [0, 0.05) is 44.2 Å². The van der Waals surface area contributed by atoms with Gasteiger partial charge in [-0.3, -0.25) is 14.5 Å². The molecule has 1 aromatic carbocycles. The van der Waals surface area contributed by atoms with E-state index in [-0.39, 0.29) is 11.7 Å². The average Bonchev–Trinajstić information content (AvgIpc) is 3.40. The van der Waals surface area contributed by atoms with Crippen molar-refractivity contribution in [1.29, 1.82) is 0 Å². The number of carbonyl (C=O) groups is 2. The van der Waals surface area contributed by atoms with Gasteiger partial charge in [-0.05, 0) is 23.6 Å². The van der Waals surface area contributed by atoms with Crippen LogP contribution in [-0.4, -0.2) is 64.4 Å². The predicted octanol–water partition coefficient (Wildman–Crippen LogP) is 2.75. The summed E-state index contributed by atoms with van der Waals surface area (Å²) in [5.41, 5.74) is 1.44. The van der Waals surface area contributed by atoms with E-state index in [4.69, 9.17) is 4.52 Å². The van der Waals surface area contributed by atoms with Crippen LogP contribution in [0.25, 0.3) is 11.4 Å². The molecule has 1 amide bonds. The van der Waals surface area contributed by atoms with Gasteiger partial charge in [0.05, 0.1) is 11.4 Å². The van der Waals surface area contributed by atoms with Gasteiger partial charge in [0.25, 0.3) is 5.91 Å². The van der Waals surface area contributed by atoms with Crippen LogP contribution in [0.4, 0.5) is 0 Å². The third-order valence-corrected chi connectivity index (χ3v) is 5.65. The van der Waals surface area contributed by atoms with E-state index in [0.717, 1.165) is 10.4 Å². The van der Waals surface area contributed by atoms with Crippen molar-refractivity contribution < 1.29 is 14.1 Å². The first-order valence-electron chi connectivity index (χ1n) is 9.09. The lowest BCUT2D eigenvalue weighted by molar-refractivity contribution is 0.0625. The molecule has 0 radical (unpaired) electrons. The summed E-state index contributed by atoms with van der Waals surface area (Å²) in [5, 5.41) is 5.80. The standard InChI is InChI=1S/C20H20N4O3S/c1-14-21-19(22-27-14)15-4-6-16(7-5-15)20(26)24-10-8-23(9-11-24)13-17(25)18-3-2-12-28-18/h2-7,12H,8-11,13H2,1H3. The van der Waals surface area contributed by atoms with Crippen LogP contribution in [0.3, 0.4) is 0 Å². The fourth-order valence-corrected chi connectivity index (χ4v) is 3.85. The van der Waals surface area contributed by atoms with Crippen molar-refractivity contribution in [3.05, 3.63) is 58.1 Å². The predicted molar refractivity (Wildman–Crippen MR) is 105 cm³/mol. The van der Waals surface area contributed by atoms with Crippen LogP contribution >= 0.6 is 11.3 Å². The van der Waals surface area contributed by atoms with Crippen LogP contribution in [0.1, 0.15) is 25.9 Å². The maximum atomic E-state index is 12.8. The van der Waals surface area contributed by atoms with Gasteiger partial charge in [-0.15, -0.1) is 11.3 Å². The van der Waals surface area contributed by atoms with Crippen molar-refractivity contribution >= 4 is 23.0 Å². The van der Waals surface area contributed by atoms with Crippen molar-refractivity contribution in [3.8, 4) is 11.4 Å². The van der Waals surface area contributed by atoms with E-state index in [1.165, 1.54) is 11.3 Å². The zero-order valence-corrected chi connectivity index (χ0v) is 16.3. The largest absolute Gasteiger partial charge is 0.339 e. The second kappa shape index (κ2) is 8.04. The molecule has 3 aromatic rings. The Morgan fingerprint density at radius 3 is 2.46 bits per heavy atom. The van der Waals surface area contributed by atoms with Crippen LogP contribution in [-0.2, 0) is 0 Å². The molecule has 7 nitrogen and oxygen atoms in total. The zero-order valence-electron chi connectivity index (χ0n) is 15.5. The van der Waals surface area contributed by atoms with Crippen molar-refractivity contribution in [2.24, 2.45) is 0 Å². The monoisotopic (exact) mass is 396 g/mol. The Balaban J connectivity index is 1.33. The summed E-state index contributed by atoms with van der Waals surface area (Å²) in [6.07, 6.45) is 0. The Bertz CT molecular complexity index is 958. The van der Waals surface area contributed by atoms with Gasteiger partial charge in [-0.1, -0.05) is 23.4 Å². The number of amides is 1. The van der Waals surface area contributed by atoms with E-state index in [9.17, 15) is 9.59 Å². The van der Waals surface area contributed by atoms with E-state index in [1.54, 1.807) is 19.1 Å². The summed E-state index contributed by atoms with van der Waals surface area (Å²) in [4.78, 5) is 33.9. The molecule has 0 spiro atoms. The summed E-state index contributed by atoms with van der Waals surface area (Å²) in [6, 6.07) is 11.0. The average molecular weight is 396 g/mol. The van der Waals surface area contributed by atoms with Gasteiger partial charge < -0.3 is 9.42 Å². The normalized spacial score (nSPS) is 15.0. The summed E-state index contributed by atoms with van der Waals surface area (Å²) in [6.45, 7) is 4.76. The van der Waals surface area contributed by atoms with Gasteiger partial charge in [-0.2, -0.15) is 4.98 Å². The Morgan fingerprint density at radius 2 is 1.86 bits per heavy atom. The third-order valence-electron chi connectivity index (χ3n) is 4.74. The number of Topliss-reactive ketones (excluding diaryl/α,β-unsaturated/α-hetero) is 1. The molecule has 0 aliphatic carbocycles. The maximum absolute atomic E-state index is 12.8. The fraction of sp³-hybridized carbons (Fsp3) is 0.300. The number of nitrogens with zero attached hydrogens (tertiary/aromatic N) is 4. The highest BCUT2D eigenvalue weighted by molar-refractivity contribution is 7.12. The Kier molecular flexibility index (Phi) is 5.31. The first-order chi connectivity index (χ1) is 13.6. The number of thiophene rings is 1. The quantitative estimate of drug-likeness (QED) is 0.617. The molecule has 0 N–H and O–H groups in total. The molecule has 0 bridgehead atoms. The van der Waals surface area contributed by atoms with E-state index >= 15 is 0 Å². The number of piperazine rings is 1. The van der Waals surface area contributed by atoms with E-state index in [0.29, 0.717) is 50.0 Å². The van der Waals surface area contributed by atoms with E-state index in [2.05, 4.69) is 15.0 Å². The minimum absolute atomic E-state index is 0.0000703. The Morgan fingerprint density at radius 1 is 1.11 bits per heavy atom. The maximum Gasteiger partial charge on any atom is 0.253 e. The van der Waals surface area contributed by atoms with Crippen LogP contribution < -0.4 is 0 Å². The molecule has 28 heavy (non-hydrogen) atoms. The molecule has 8 heteroatoms. The van der Waals surface area contributed by atoms with Crippen LogP contribution in [0.2, 0.25) is 0 Å². The fourth-order valence-electron chi connectivity index (χ4n) is 3.19. The number of aromatic nitrogens is 2. The summed E-state index contributed by atoms with van der Waals surface area (Å²) in [5.74, 6) is 1.16. The highest BCUT2D eigenvalue weighted by Crippen LogP contribution is 2.18. The van der Waals surface area contributed by atoms with Crippen molar-refractivity contribution in [2.75, 3.05) is 32.7 Å². The SMILES string of the molecule is Cc1nc(-c2ccc(C(=O)N3CCN(CC(=O)c4cccs4)CC3)cc2)no1. The lowest BCUT2D eigenvalue weighted by Crippen LogP contribution is -2.49. The molecule has 1 fully saturated rings. The molecule has 144 valence electrons. The van der Waals surface area contributed by atoms with Gasteiger partial charge in [0.1, 0.15) is 0 Å². The first kappa shape index (κ1) is 18.5. The second-order valence-electron chi connectivity index (χ2n) is 6.68. The molecular weight excluding hydrogens is 376 g/mol.